The summed E-state index contributed by atoms with van der Waals surface area (Å²) in [6.45, 7) is 5.88. The fourth-order valence-corrected chi connectivity index (χ4v) is 4.15. The quantitative estimate of drug-likeness (QED) is 0.673. The summed E-state index contributed by atoms with van der Waals surface area (Å²) in [6.07, 6.45) is 1.57. The maximum absolute atomic E-state index is 12.4. The van der Waals surface area contributed by atoms with Crippen molar-refractivity contribution in [3.63, 3.8) is 0 Å². The molecule has 1 heterocycles. The first-order valence-electron chi connectivity index (χ1n) is 10.5. The summed E-state index contributed by atoms with van der Waals surface area (Å²) < 4.78 is 28.6. The van der Waals surface area contributed by atoms with Crippen molar-refractivity contribution in [2.75, 3.05) is 56.4 Å². The van der Waals surface area contributed by atoms with Crippen molar-refractivity contribution in [3.8, 4) is 0 Å². The zero-order valence-corrected chi connectivity index (χ0v) is 19.2. The molecule has 0 spiro atoms. The highest BCUT2D eigenvalue weighted by Gasteiger charge is 2.15. The van der Waals surface area contributed by atoms with Gasteiger partial charge in [0, 0.05) is 49.7 Å². The number of carbonyl (C=O) groups is 1. The van der Waals surface area contributed by atoms with Crippen LogP contribution < -0.4 is 10.2 Å². The lowest BCUT2D eigenvalue weighted by Gasteiger charge is -2.29. The highest BCUT2D eigenvalue weighted by Crippen LogP contribution is 2.22. The van der Waals surface area contributed by atoms with Crippen LogP contribution in [0.4, 0.5) is 11.4 Å². The van der Waals surface area contributed by atoms with Gasteiger partial charge in [-0.3, -0.25) is 9.69 Å². The van der Waals surface area contributed by atoms with Crippen molar-refractivity contribution in [1.82, 2.24) is 4.90 Å². The number of hydrogen-bond acceptors (Lipinski definition) is 6. The van der Waals surface area contributed by atoms with Crippen LogP contribution in [-0.2, 0) is 19.4 Å². The number of ether oxygens (including phenoxy) is 1. The maximum Gasteiger partial charge on any atom is 0.225 e. The third-order valence-corrected chi connectivity index (χ3v) is 6.80. The van der Waals surface area contributed by atoms with Gasteiger partial charge in [0.25, 0.3) is 0 Å². The fourth-order valence-electron chi connectivity index (χ4n) is 3.52. The standard InChI is InChI=1S/C23H31N3O4S/c1-18(19-4-10-22(11-5-19)31(3,28)29)25(2)13-12-23(27)24-20-6-8-21(9-7-20)26-14-16-30-17-15-26/h4-11,18H,12-17H2,1-3H3,(H,24,27). The van der Waals surface area contributed by atoms with Gasteiger partial charge in [-0.05, 0) is 55.9 Å². The van der Waals surface area contributed by atoms with Gasteiger partial charge in [-0.2, -0.15) is 0 Å². The molecule has 0 saturated carbocycles. The lowest BCUT2D eigenvalue weighted by Crippen LogP contribution is -2.36. The predicted octanol–water partition coefficient (Wildman–Crippen LogP) is 2.95. The van der Waals surface area contributed by atoms with Crippen molar-refractivity contribution in [3.05, 3.63) is 54.1 Å². The number of morpholine rings is 1. The first kappa shape index (κ1) is 23.2. The minimum absolute atomic E-state index is 0.0365. The number of anilines is 2. The Hall–Kier alpha value is -2.42. The number of amides is 1. The molecule has 0 aliphatic carbocycles. The Labute approximate surface area is 184 Å². The van der Waals surface area contributed by atoms with Crippen LogP contribution >= 0.6 is 0 Å². The Kier molecular flexibility index (Phi) is 7.69. The van der Waals surface area contributed by atoms with E-state index < -0.39 is 9.84 Å². The average molecular weight is 446 g/mol. The van der Waals surface area contributed by atoms with Gasteiger partial charge in [-0.15, -0.1) is 0 Å². The summed E-state index contributed by atoms with van der Waals surface area (Å²) in [4.78, 5) is 17.0. The molecule has 1 unspecified atom stereocenters. The Morgan fingerprint density at radius 3 is 2.29 bits per heavy atom. The molecule has 168 valence electrons. The first-order valence-corrected chi connectivity index (χ1v) is 12.4. The van der Waals surface area contributed by atoms with Crippen LogP contribution in [0.5, 0.6) is 0 Å². The molecule has 7 nitrogen and oxygen atoms in total. The molecule has 1 aliphatic rings. The van der Waals surface area contributed by atoms with Crippen molar-refractivity contribution in [1.29, 1.82) is 0 Å². The van der Waals surface area contributed by atoms with E-state index in [1.807, 2.05) is 50.4 Å². The largest absolute Gasteiger partial charge is 0.378 e. The minimum atomic E-state index is -3.20. The second-order valence-electron chi connectivity index (χ2n) is 7.94. The molecule has 1 saturated heterocycles. The van der Waals surface area contributed by atoms with Crippen LogP contribution in [0.15, 0.2) is 53.4 Å². The Bertz CT molecular complexity index is 969. The molecule has 2 aromatic carbocycles. The van der Waals surface area contributed by atoms with E-state index in [-0.39, 0.29) is 11.9 Å². The number of hydrogen-bond donors (Lipinski definition) is 1. The molecule has 0 bridgehead atoms. The van der Waals surface area contributed by atoms with Crippen LogP contribution in [0.1, 0.15) is 24.9 Å². The van der Waals surface area contributed by atoms with E-state index in [1.165, 1.54) is 6.26 Å². The number of benzene rings is 2. The van der Waals surface area contributed by atoms with E-state index in [2.05, 4.69) is 15.1 Å². The van der Waals surface area contributed by atoms with Crippen LogP contribution in [0.3, 0.4) is 0 Å². The topological polar surface area (TPSA) is 79.0 Å². The first-order chi connectivity index (χ1) is 14.7. The van der Waals surface area contributed by atoms with Gasteiger partial charge in [-0.25, -0.2) is 8.42 Å². The van der Waals surface area contributed by atoms with Crippen LogP contribution in [0.25, 0.3) is 0 Å². The predicted molar refractivity (Wildman–Crippen MR) is 123 cm³/mol. The molecule has 1 fully saturated rings. The molecular weight excluding hydrogens is 414 g/mol. The fraction of sp³-hybridized carbons (Fsp3) is 0.435. The number of nitrogens with one attached hydrogen (secondary N) is 1. The van der Waals surface area contributed by atoms with Gasteiger partial charge < -0.3 is 15.0 Å². The molecule has 1 aliphatic heterocycles. The Morgan fingerprint density at radius 1 is 1.10 bits per heavy atom. The van der Waals surface area contributed by atoms with Crippen molar-refractivity contribution < 1.29 is 17.9 Å². The van der Waals surface area contributed by atoms with E-state index >= 15 is 0 Å². The zero-order chi connectivity index (χ0) is 22.4. The molecule has 1 atom stereocenters. The van der Waals surface area contributed by atoms with E-state index in [9.17, 15) is 13.2 Å². The molecular formula is C23H31N3O4S. The molecule has 1 amide bonds. The number of nitrogens with zero attached hydrogens (tertiary/aromatic N) is 2. The lowest BCUT2D eigenvalue weighted by atomic mass is 10.1. The molecule has 3 rings (SSSR count). The third-order valence-electron chi connectivity index (χ3n) is 5.67. The molecule has 8 heteroatoms. The van der Waals surface area contributed by atoms with E-state index in [1.54, 1.807) is 12.1 Å². The summed E-state index contributed by atoms with van der Waals surface area (Å²) >= 11 is 0. The van der Waals surface area contributed by atoms with Crippen LogP contribution in [-0.4, -0.2) is 65.4 Å². The van der Waals surface area contributed by atoms with Gasteiger partial charge in [-0.1, -0.05) is 12.1 Å². The Morgan fingerprint density at radius 2 is 1.71 bits per heavy atom. The second-order valence-corrected chi connectivity index (χ2v) is 9.96. The van der Waals surface area contributed by atoms with Crippen molar-refractivity contribution >= 4 is 27.1 Å². The summed E-state index contributed by atoms with van der Waals surface area (Å²) in [5.41, 5.74) is 2.93. The monoisotopic (exact) mass is 445 g/mol. The second kappa shape index (κ2) is 10.3. The zero-order valence-electron chi connectivity index (χ0n) is 18.4. The van der Waals surface area contributed by atoms with Gasteiger partial charge in [0.1, 0.15) is 0 Å². The van der Waals surface area contributed by atoms with Crippen molar-refractivity contribution in [2.45, 2.75) is 24.3 Å². The highest BCUT2D eigenvalue weighted by molar-refractivity contribution is 7.90. The van der Waals surface area contributed by atoms with Crippen LogP contribution in [0.2, 0.25) is 0 Å². The van der Waals surface area contributed by atoms with E-state index in [0.717, 1.165) is 43.2 Å². The third kappa shape index (κ3) is 6.53. The summed E-state index contributed by atoms with van der Waals surface area (Å²) in [5.74, 6) is -0.0365. The summed E-state index contributed by atoms with van der Waals surface area (Å²) in [7, 11) is -1.24. The SMILES string of the molecule is CC(c1ccc(S(C)(=O)=O)cc1)N(C)CCC(=O)Nc1ccc(N2CCOCC2)cc1. The highest BCUT2D eigenvalue weighted by atomic mass is 32.2. The molecule has 0 radical (unpaired) electrons. The van der Waals surface area contributed by atoms with E-state index in [0.29, 0.717) is 17.9 Å². The normalized spacial score (nSPS) is 15.7. The molecule has 0 aromatic heterocycles. The van der Waals surface area contributed by atoms with Crippen molar-refractivity contribution in [2.24, 2.45) is 0 Å². The number of rotatable bonds is 8. The number of carbonyl (C=O) groups excluding carboxylic acids is 1. The molecule has 31 heavy (non-hydrogen) atoms. The van der Waals surface area contributed by atoms with Gasteiger partial charge in [0.15, 0.2) is 9.84 Å². The smallest absolute Gasteiger partial charge is 0.225 e. The number of sulfone groups is 1. The van der Waals surface area contributed by atoms with Gasteiger partial charge in [0.2, 0.25) is 5.91 Å². The summed E-state index contributed by atoms with van der Waals surface area (Å²) in [5, 5.41) is 2.95. The van der Waals surface area contributed by atoms with Gasteiger partial charge in [0.05, 0.1) is 18.1 Å². The molecule has 2 aromatic rings. The lowest BCUT2D eigenvalue weighted by molar-refractivity contribution is -0.116. The van der Waals surface area contributed by atoms with E-state index in [4.69, 9.17) is 4.74 Å². The Balaban J connectivity index is 1.48. The molecule has 1 N–H and O–H groups in total. The summed E-state index contributed by atoms with van der Waals surface area (Å²) in [6, 6.07) is 14.9. The minimum Gasteiger partial charge on any atom is -0.378 e. The van der Waals surface area contributed by atoms with Crippen LogP contribution in [0, 0.1) is 0 Å². The maximum atomic E-state index is 12.4. The average Bonchev–Trinajstić information content (AvgIpc) is 2.77. The van der Waals surface area contributed by atoms with Gasteiger partial charge >= 0.3 is 0 Å².